The topological polar surface area (TPSA) is 109 Å². The van der Waals surface area contributed by atoms with Crippen molar-refractivity contribution < 1.29 is 18.3 Å². The third kappa shape index (κ3) is 3.11. The van der Waals surface area contributed by atoms with Crippen molar-refractivity contribution in [1.29, 1.82) is 0 Å². The normalized spacial score (nSPS) is 11.1. The van der Waals surface area contributed by atoms with Crippen molar-refractivity contribution >= 4 is 37.6 Å². The summed E-state index contributed by atoms with van der Waals surface area (Å²) in [5.74, 6) is -1.25. The van der Waals surface area contributed by atoms with Crippen LogP contribution in [-0.2, 0) is 10.0 Å². The second-order valence-corrected chi connectivity index (χ2v) is 6.27. The zero-order chi connectivity index (χ0) is 14.8. The van der Waals surface area contributed by atoms with Gasteiger partial charge in [0.05, 0.1) is 17.4 Å². The molecule has 0 spiro atoms. The van der Waals surface area contributed by atoms with Crippen LogP contribution < -0.4 is 4.72 Å². The van der Waals surface area contributed by atoms with Crippen LogP contribution in [0.2, 0.25) is 0 Å². The van der Waals surface area contributed by atoms with E-state index in [9.17, 15) is 13.2 Å². The molecule has 0 aliphatic rings. The van der Waals surface area contributed by atoms with Gasteiger partial charge in [-0.2, -0.15) is 0 Å². The van der Waals surface area contributed by atoms with Crippen LogP contribution in [0.1, 0.15) is 10.4 Å². The molecule has 0 bridgehead atoms. The average Bonchev–Trinajstić information content (AvgIpc) is 2.38. The van der Waals surface area contributed by atoms with Crippen LogP contribution in [0.15, 0.2) is 46.3 Å². The lowest BCUT2D eigenvalue weighted by molar-refractivity contribution is 0.0698. The number of nitrogens with zero attached hydrogens (tertiary/aromatic N) is 2. The van der Waals surface area contributed by atoms with Crippen LogP contribution >= 0.6 is 15.9 Å². The van der Waals surface area contributed by atoms with Crippen molar-refractivity contribution in [1.82, 2.24) is 9.97 Å². The van der Waals surface area contributed by atoms with Crippen molar-refractivity contribution in [2.24, 2.45) is 0 Å². The molecule has 0 aromatic carbocycles. The van der Waals surface area contributed by atoms with Crippen LogP contribution in [0.3, 0.4) is 0 Å². The van der Waals surface area contributed by atoms with Crippen LogP contribution in [0, 0.1) is 0 Å². The number of anilines is 1. The van der Waals surface area contributed by atoms with Gasteiger partial charge >= 0.3 is 5.97 Å². The molecule has 2 rings (SSSR count). The molecule has 0 aliphatic carbocycles. The molecule has 20 heavy (non-hydrogen) atoms. The van der Waals surface area contributed by atoms with E-state index in [1.54, 1.807) is 0 Å². The van der Waals surface area contributed by atoms with E-state index < -0.39 is 16.0 Å². The number of carbonyl (C=O) groups is 1. The maximum absolute atomic E-state index is 12.1. The highest BCUT2D eigenvalue weighted by Gasteiger charge is 2.19. The molecule has 2 aromatic heterocycles. The predicted octanol–water partition coefficient (Wildman–Crippen LogP) is 1.74. The Morgan fingerprint density at radius 3 is 2.65 bits per heavy atom. The molecular formula is C11H8BrN3O4S. The van der Waals surface area contributed by atoms with Gasteiger partial charge in [-0.3, -0.25) is 14.7 Å². The van der Waals surface area contributed by atoms with Gasteiger partial charge in [0.25, 0.3) is 10.0 Å². The fourth-order valence-corrected chi connectivity index (χ4v) is 2.97. The second kappa shape index (κ2) is 5.55. The number of aromatic carboxylic acids is 1. The number of nitrogens with one attached hydrogen (secondary N) is 1. The summed E-state index contributed by atoms with van der Waals surface area (Å²) in [4.78, 5) is 18.4. The highest BCUT2D eigenvalue weighted by molar-refractivity contribution is 9.10. The molecule has 104 valence electrons. The van der Waals surface area contributed by atoms with Gasteiger partial charge in [0, 0.05) is 23.1 Å². The Morgan fingerprint density at radius 2 is 2.00 bits per heavy atom. The number of pyridine rings is 2. The maximum atomic E-state index is 12.1. The van der Waals surface area contributed by atoms with Gasteiger partial charge in [0.15, 0.2) is 0 Å². The Labute approximate surface area is 122 Å². The minimum absolute atomic E-state index is 0.0907. The number of carboxylic acid groups (broad SMARTS) is 1. The summed E-state index contributed by atoms with van der Waals surface area (Å²) in [5, 5.41) is 8.99. The Balaban J connectivity index is 2.41. The first-order valence-corrected chi connectivity index (χ1v) is 7.48. The lowest BCUT2D eigenvalue weighted by atomic mass is 10.2. The molecule has 2 N–H and O–H groups in total. The summed E-state index contributed by atoms with van der Waals surface area (Å²) in [5.41, 5.74) is -0.300. The second-order valence-electron chi connectivity index (χ2n) is 3.67. The van der Waals surface area contributed by atoms with Crippen LogP contribution in [-0.4, -0.2) is 29.5 Å². The van der Waals surface area contributed by atoms with Gasteiger partial charge in [-0.25, -0.2) is 13.2 Å². The highest BCUT2D eigenvalue weighted by Crippen LogP contribution is 2.20. The van der Waals surface area contributed by atoms with Crippen LogP contribution in [0.5, 0.6) is 0 Å². The highest BCUT2D eigenvalue weighted by atomic mass is 79.9. The van der Waals surface area contributed by atoms with E-state index in [4.69, 9.17) is 5.11 Å². The largest absolute Gasteiger partial charge is 0.478 e. The number of halogens is 1. The lowest BCUT2D eigenvalue weighted by Gasteiger charge is -2.09. The Bertz CT molecular complexity index is 764. The molecule has 0 unspecified atom stereocenters. The van der Waals surface area contributed by atoms with E-state index in [2.05, 4.69) is 30.6 Å². The van der Waals surface area contributed by atoms with E-state index in [-0.39, 0.29) is 16.1 Å². The molecule has 0 saturated carbocycles. The number of hydrogen-bond acceptors (Lipinski definition) is 5. The summed E-state index contributed by atoms with van der Waals surface area (Å²) in [6.07, 6.45) is 4.99. The van der Waals surface area contributed by atoms with Crippen LogP contribution in [0.4, 0.5) is 5.69 Å². The third-order valence-corrected chi connectivity index (χ3v) is 4.05. The molecule has 0 radical (unpaired) electrons. The minimum Gasteiger partial charge on any atom is -0.478 e. The summed E-state index contributed by atoms with van der Waals surface area (Å²) in [7, 11) is -3.94. The van der Waals surface area contributed by atoms with Crippen molar-refractivity contribution in [3.8, 4) is 0 Å². The molecule has 0 saturated heterocycles. The lowest BCUT2D eigenvalue weighted by Crippen LogP contribution is -2.16. The van der Waals surface area contributed by atoms with Crippen LogP contribution in [0.25, 0.3) is 0 Å². The summed E-state index contributed by atoms with van der Waals surface area (Å²) in [6, 6.07) is 2.56. The van der Waals surface area contributed by atoms with Gasteiger partial charge in [-0.1, -0.05) is 0 Å². The molecular weight excluding hydrogens is 350 g/mol. The first-order chi connectivity index (χ1) is 9.40. The van der Waals surface area contributed by atoms with Crippen molar-refractivity contribution in [3.05, 3.63) is 47.0 Å². The number of sulfonamides is 1. The Morgan fingerprint density at radius 1 is 1.25 bits per heavy atom. The van der Waals surface area contributed by atoms with Crippen molar-refractivity contribution in [3.63, 3.8) is 0 Å². The Kier molecular flexibility index (Phi) is 4.00. The van der Waals surface area contributed by atoms with Gasteiger partial charge in [-0.05, 0) is 28.1 Å². The van der Waals surface area contributed by atoms with Gasteiger partial charge in [0.2, 0.25) is 0 Å². The average molecular weight is 358 g/mol. The molecule has 2 heterocycles. The molecule has 0 amide bonds. The van der Waals surface area contributed by atoms with E-state index >= 15 is 0 Å². The zero-order valence-corrected chi connectivity index (χ0v) is 12.2. The standard InChI is InChI=1S/C11H8BrN3O4S/c12-7-3-8(5-14-4-7)20(18,19)15-10-6-13-2-1-9(10)11(16)17/h1-6,15H,(H,16,17). The van der Waals surface area contributed by atoms with E-state index in [0.717, 1.165) is 12.4 Å². The number of rotatable bonds is 4. The first kappa shape index (κ1) is 14.4. The molecule has 9 heteroatoms. The molecule has 0 fully saturated rings. The SMILES string of the molecule is O=C(O)c1ccncc1NS(=O)(=O)c1cncc(Br)c1. The fraction of sp³-hybridized carbons (Fsp3) is 0. The van der Waals surface area contributed by atoms with E-state index in [0.29, 0.717) is 4.47 Å². The quantitative estimate of drug-likeness (QED) is 0.862. The predicted molar refractivity (Wildman–Crippen MR) is 73.9 cm³/mol. The summed E-state index contributed by atoms with van der Waals surface area (Å²) >= 11 is 3.12. The molecule has 7 nitrogen and oxygen atoms in total. The Hall–Kier alpha value is -2.00. The smallest absolute Gasteiger partial charge is 0.337 e. The van der Waals surface area contributed by atoms with Crippen molar-refractivity contribution in [2.75, 3.05) is 4.72 Å². The van der Waals surface area contributed by atoms with Gasteiger partial charge in [-0.15, -0.1) is 0 Å². The monoisotopic (exact) mass is 357 g/mol. The number of aromatic nitrogens is 2. The van der Waals surface area contributed by atoms with Crippen molar-refractivity contribution in [2.45, 2.75) is 4.90 Å². The molecule has 2 aromatic rings. The van der Waals surface area contributed by atoms with E-state index in [1.807, 2.05) is 0 Å². The number of carboxylic acids is 1. The first-order valence-electron chi connectivity index (χ1n) is 5.21. The third-order valence-electron chi connectivity index (χ3n) is 2.29. The summed E-state index contributed by atoms with van der Waals surface area (Å²) in [6.45, 7) is 0. The maximum Gasteiger partial charge on any atom is 0.337 e. The van der Waals surface area contributed by atoms with Gasteiger partial charge < -0.3 is 5.11 Å². The molecule has 0 atom stereocenters. The van der Waals surface area contributed by atoms with Gasteiger partial charge in [0.1, 0.15) is 4.90 Å². The number of hydrogen-bond donors (Lipinski definition) is 2. The van der Waals surface area contributed by atoms with E-state index in [1.165, 1.54) is 24.5 Å². The zero-order valence-electron chi connectivity index (χ0n) is 9.82. The summed E-state index contributed by atoms with van der Waals surface area (Å²) < 4.78 is 26.9. The molecule has 0 aliphatic heterocycles. The fourth-order valence-electron chi connectivity index (χ4n) is 1.41. The minimum atomic E-state index is -3.94.